The maximum Gasteiger partial charge on any atom is 0.257 e. The van der Waals surface area contributed by atoms with Gasteiger partial charge in [0.25, 0.3) is 5.89 Å². The van der Waals surface area contributed by atoms with E-state index in [4.69, 9.17) is 9.15 Å². The minimum atomic E-state index is 0.128. The smallest absolute Gasteiger partial charge is 0.257 e. The quantitative estimate of drug-likeness (QED) is 0.844. The molecule has 6 heteroatoms. The summed E-state index contributed by atoms with van der Waals surface area (Å²) in [5.74, 6) is 2.02. The second-order valence-electron chi connectivity index (χ2n) is 4.21. The molecule has 19 heavy (non-hydrogen) atoms. The first-order valence-corrected chi connectivity index (χ1v) is 7.36. The first kappa shape index (κ1) is 14.0. The van der Waals surface area contributed by atoms with Crippen LogP contribution in [-0.2, 0) is 0 Å². The number of methoxy groups -OCH3 is 1. The van der Waals surface area contributed by atoms with E-state index in [1.807, 2.05) is 11.4 Å². The molecule has 0 saturated carbocycles. The molecule has 1 atom stereocenters. The van der Waals surface area contributed by atoms with Gasteiger partial charge in [-0.3, -0.25) is 0 Å². The SMILES string of the molecule is CCCNC(CC)c1nnc(-c2cc(OC)cs2)o1. The first-order chi connectivity index (χ1) is 9.28. The van der Waals surface area contributed by atoms with Crippen LogP contribution in [0.1, 0.15) is 38.6 Å². The highest BCUT2D eigenvalue weighted by Gasteiger charge is 2.17. The highest BCUT2D eigenvalue weighted by atomic mass is 32.1. The van der Waals surface area contributed by atoms with E-state index in [9.17, 15) is 0 Å². The fraction of sp³-hybridized carbons (Fsp3) is 0.538. The van der Waals surface area contributed by atoms with E-state index in [-0.39, 0.29) is 6.04 Å². The first-order valence-electron chi connectivity index (χ1n) is 6.48. The zero-order chi connectivity index (χ0) is 13.7. The summed E-state index contributed by atoms with van der Waals surface area (Å²) in [5.41, 5.74) is 0. The van der Waals surface area contributed by atoms with Gasteiger partial charge in [0.15, 0.2) is 0 Å². The second kappa shape index (κ2) is 6.68. The Morgan fingerprint density at radius 2 is 2.26 bits per heavy atom. The Labute approximate surface area is 117 Å². The molecule has 0 aromatic carbocycles. The average molecular weight is 281 g/mol. The topological polar surface area (TPSA) is 60.2 Å². The van der Waals surface area contributed by atoms with Gasteiger partial charge in [-0.15, -0.1) is 21.5 Å². The van der Waals surface area contributed by atoms with Crippen LogP contribution in [0.15, 0.2) is 15.9 Å². The van der Waals surface area contributed by atoms with Gasteiger partial charge in [-0.25, -0.2) is 0 Å². The maximum absolute atomic E-state index is 5.75. The average Bonchev–Trinajstić information content (AvgIpc) is 3.08. The fourth-order valence-corrected chi connectivity index (χ4v) is 2.51. The lowest BCUT2D eigenvalue weighted by Crippen LogP contribution is -2.21. The summed E-state index contributed by atoms with van der Waals surface area (Å²) in [6.07, 6.45) is 2.01. The van der Waals surface area contributed by atoms with E-state index >= 15 is 0 Å². The summed E-state index contributed by atoms with van der Waals surface area (Å²) in [6, 6.07) is 2.03. The van der Waals surface area contributed by atoms with Crippen molar-refractivity contribution < 1.29 is 9.15 Å². The van der Waals surface area contributed by atoms with Gasteiger partial charge in [0.2, 0.25) is 5.89 Å². The number of hydrogen-bond donors (Lipinski definition) is 1. The Morgan fingerprint density at radius 1 is 1.42 bits per heavy atom. The standard InChI is InChI=1S/C13H19N3O2S/c1-4-6-14-10(5-2)12-15-16-13(18-12)11-7-9(17-3)8-19-11/h7-8,10,14H,4-6H2,1-3H3. The molecule has 0 aliphatic carbocycles. The van der Waals surface area contributed by atoms with Crippen molar-refractivity contribution in [1.82, 2.24) is 15.5 Å². The molecule has 5 nitrogen and oxygen atoms in total. The summed E-state index contributed by atoms with van der Waals surface area (Å²) in [5, 5.41) is 13.6. The number of ether oxygens (including phenoxy) is 1. The molecule has 0 bridgehead atoms. The molecule has 0 radical (unpaired) electrons. The number of nitrogens with zero attached hydrogens (tertiary/aromatic N) is 2. The molecule has 2 heterocycles. The number of aromatic nitrogens is 2. The van der Waals surface area contributed by atoms with Gasteiger partial charge in [-0.05, 0) is 19.4 Å². The van der Waals surface area contributed by atoms with Crippen molar-refractivity contribution in [2.75, 3.05) is 13.7 Å². The summed E-state index contributed by atoms with van der Waals surface area (Å²) < 4.78 is 10.9. The number of hydrogen-bond acceptors (Lipinski definition) is 6. The van der Waals surface area contributed by atoms with Crippen molar-refractivity contribution in [3.63, 3.8) is 0 Å². The van der Waals surface area contributed by atoms with E-state index in [0.29, 0.717) is 11.8 Å². The number of rotatable bonds is 7. The lowest BCUT2D eigenvalue weighted by Gasteiger charge is -2.11. The molecule has 2 rings (SSSR count). The predicted molar refractivity (Wildman–Crippen MR) is 75.5 cm³/mol. The Balaban J connectivity index is 2.13. The zero-order valence-corrected chi connectivity index (χ0v) is 12.3. The second-order valence-corrected chi connectivity index (χ2v) is 5.12. The van der Waals surface area contributed by atoms with Crippen molar-refractivity contribution >= 4 is 11.3 Å². The molecule has 1 N–H and O–H groups in total. The lowest BCUT2D eigenvalue weighted by atomic mass is 10.2. The van der Waals surface area contributed by atoms with Gasteiger partial charge in [0.05, 0.1) is 18.0 Å². The normalized spacial score (nSPS) is 12.6. The van der Waals surface area contributed by atoms with Crippen molar-refractivity contribution in [1.29, 1.82) is 0 Å². The molecule has 0 aliphatic rings. The van der Waals surface area contributed by atoms with E-state index < -0.39 is 0 Å². The van der Waals surface area contributed by atoms with Crippen LogP contribution in [0.2, 0.25) is 0 Å². The molecule has 104 valence electrons. The van der Waals surface area contributed by atoms with Crippen LogP contribution in [0.3, 0.4) is 0 Å². The highest BCUT2D eigenvalue weighted by molar-refractivity contribution is 7.13. The van der Waals surface area contributed by atoms with Crippen LogP contribution in [0.25, 0.3) is 10.8 Å². The Morgan fingerprint density at radius 3 is 2.89 bits per heavy atom. The zero-order valence-electron chi connectivity index (χ0n) is 11.5. The van der Waals surface area contributed by atoms with E-state index in [1.165, 1.54) is 11.3 Å². The molecule has 0 spiro atoms. The van der Waals surface area contributed by atoms with Gasteiger partial charge >= 0.3 is 0 Å². The van der Waals surface area contributed by atoms with Crippen LogP contribution in [0, 0.1) is 0 Å². The Hall–Kier alpha value is -1.40. The molecule has 0 aliphatic heterocycles. The molecular formula is C13H19N3O2S. The van der Waals surface area contributed by atoms with Crippen molar-refractivity contribution in [3.8, 4) is 16.5 Å². The minimum Gasteiger partial charge on any atom is -0.496 e. The number of nitrogens with one attached hydrogen (secondary N) is 1. The van der Waals surface area contributed by atoms with Crippen LogP contribution in [-0.4, -0.2) is 23.9 Å². The Kier molecular flexibility index (Phi) is 4.93. The van der Waals surface area contributed by atoms with Crippen LogP contribution in [0.5, 0.6) is 5.75 Å². The highest BCUT2D eigenvalue weighted by Crippen LogP contribution is 2.31. The van der Waals surface area contributed by atoms with Gasteiger partial charge in [-0.2, -0.15) is 0 Å². The van der Waals surface area contributed by atoms with Gasteiger partial charge < -0.3 is 14.5 Å². The maximum atomic E-state index is 5.75. The van der Waals surface area contributed by atoms with E-state index in [0.717, 1.165) is 30.0 Å². The molecule has 1 unspecified atom stereocenters. The van der Waals surface area contributed by atoms with Crippen LogP contribution < -0.4 is 10.1 Å². The summed E-state index contributed by atoms with van der Waals surface area (Å²) in [4.78, 5) is 0.931. The number of thiophene rings is 1. The lowest BCUT2D eigenvalue weighted by molar-refractivity contribution is 0.396. The van der Waals surface area contributed by atoms with Crippen molar-refractivity contribution in [2.24, 2.45) is 0 Å². The van der Waals surface area contributed by atoms with E-state index in [2.05, 4.69) is 29.4 Å². The van der Waals surface area contributed by atoms with Crippen LogP contribution in [0.4, 0.5) is 0 Å². The Bertz CT molecular complexity index is 509. The predicted octanol–water partition coefficient (Wildman–Crippen LogP) is 3.26. The van der Waals surface area contributed by atoms with Crippen LogP contribution >= 0.6 is 11.3 Å². The summed E-state index contributed by atoms with van der Waals surface area (Å²) in [6.45, 7) is 5.19. The van der Waals surface area contributed by atoms with Gasteiger partial charge in [0, 0.05) is 11.4 Å². The minimum absolute atomic E-state index is 0.128. The summed E-state index contributed by atoms with van der Waals surface area (Å²) in [7, 11) is 1.65. The van der Waals surface area contributed by atoms with Crippen molar-refractivity contribution in [2.45, 2.75) is 32.7 Å². The van der Waals surface area contributed by atoms with Crippen molar-refractivity contribution in [3.05, 3.63) is 17.3 Å². The monoisotopic (exact) mass is 281 g/mol. The molecule has 0 amide bonds. The molecule has 0 fully saturated rings. The molecule has 2 aromatic heterocycles. The third-order valence-corrected chi connectivity index (χ3v) is 3.71. The third kappa shape index (κ3) is 3.33. The fourth-order valence-electron chi connectivity index (χ4n) is 1.74. The summed E-state index contributed by atoms with van der Waals surface area (Å²) >= 11 is 1.54. The molecule has 2 aromatic rings. The largest absolute Gasteiger partial charge is 0.496 e. The van der Waals surface area contributed by atoms with Gasteiger partial charge in [0.1, 0.15) is 5.75 Å². The molecule has 0 saturated heterocycles. The molecular weight excluding hydrogens is 262 g/mol. The van der Waals surface area contributed by atoms with E-state index in [1.54, 1.807) is 7.11 Å². The third-order valence-electron chi connectivity index (χ3n) is 2.81. The van der Waals surface area contributed by atoms with Gasteiger partial charge in [-0.1, -0.05) is 13.8 Å².